The fourth-order valence-electron chi connectivity index (χ4n) is 2.21. The molecule has 124 valence electrons. The molecule has 0 aromatic heterocycles. The summed E-state index contributed by atoms with van der Waals surface area (Å²) in [6, 6.07) is 8.55. The molecule has 0 aliphatic carbocycles. The van der Waals surface area contributed by atoms with Crippen LogP contribution in [0.2, 0.25) is 0 Å². The topological polar surface area (TPSA) is 104 Å². The van der Waals surface area contributed by atoms with Crippen LogP contribution in [0.25, 0.3) is 0 Å². The number of aliphatic hydroxyl groups is 2. The van der Waals surface area contributed by atoms with Crippen molar-refractivity contribution in [2.24, 2.45) is 0 Å². The standard InChI is InChI=1S/C15H23O6P/c16-9-4-8-14(12-15(18)19)22(20,21-11-5-10-17)13-6-2-1-3-7-13/h1-3,6-7,14,16-17H,4-5,8-12H2,(H,18,19). The summed E-state index contributed by atoms with van der Waals surface area (Å²) >= 11 is 0. The third kappa shape index (κ3) is 5.54. The van der Waals surface area contributed by atoms with Gasteiger partial charge in [-0.15, -0.1) is 0 Å². The second kappa shape index (κ2) is 9.74. The molecular weight excluding hydrogens is 307 g/mol. The van der Waals surface area contributed by atoms with Gasteiger partial charge < -0.3 is 19.8 Å². The van der Waals surface area contributed by atoms with Gasteiger partial charge in [0.05, 0.1) is 18.7 Å². The highest BCUT2D eigenvalue weighted by Crippen LogP contribution is 2.53. The van der Waals surface area contributed by atoms with Gasteiger partial charge >= 0.3 is 5.97 Å². The van der Waals surface area contributed by atoms with Crippen LogP contribution in [0, 0.1) is 0 Å². The predicted molar refractivity (Wildman–Crippen MR) is 83.7 cm³/mol. The maximum absolute atomic E-state index is 13.4. The van der Waals surface area contributed by atoms with Gasteiger partial charge in [0.15, 0.2) is 0 Å². The Morgan fingerprint density at radius 2 is 1.77 bits per heavy atom. The normalized spacial score (nSPS) is 15.2. The first-order chi connectivity index (χ1) is 10.5. The number of carbonyl (C=O) groups is 1. The first-order valence-electron chi connectivity index (χ1n) is 7.28. The Balaban J connectivity index is 3.08. The van der Waals surface area contributed by atoms with E-state index in [0.717, 1.165) is 0 Å². The Kier molecular flexibility index (Phi) is 8.35. The van der Waals surface area contributed by atoms with Gasteiger partial charge in [-0.3, -0.25) is 9.36 Å². The maximum atomic E-state index is 13.4. The third-order valence-electron chi connectivity index (χ3n) is 3.29. The average Bonchev–Trinajstić information content (AvgIpc) is 2.52. The van der Waals surface area contributed by atoms with Gasteiger partial charge in [-0.1, -0.05) is 18.2 Å². The van der Waals surface area contributed by atoms with E-state index in [9.17, 15) is 9.36 Å². The lowest BCUT2D eigenvalue weighted by molar-refractivity contribution is -0.137. The molecule has 0 saturated heterocycles. The second-order valence-corrected chi connectivity index (χ2v) is 7.66. The molecule has 2 unspecified atom stereocenters. The number of aliphatic hydroxyl groups excluding tert-OH is 2. The monoisotopic (exact) mass is 330 g/mol. The van der Waals surface area contributed by atoms with Gasteiger partial charge in [0.1, 0.15) is 0 Å². The van der Waals surface area contributed by atoms with Crippen molar-refractivity contribution in [2.45, 2.75) is 31.3 Å². The first-order valence-corrected chi connectivity index (χ1v) is 8.97. The minimum Gasteiger partial charge on any atom is -0.481 e. The molecule has 0 aliphatic heterocycles. The fourth-order valence-corrected chi connectivity index (χ4v) is 4.90. The lowest BCUT2D eigenvalue weighted by Gasteiger charge is -2.27. The van der Waals surface area contributed by atoms with Gasteiger partial charge in [-0.2, -0.15) is 0 Å². The van der Waals surface area contributed by atoms with E-state index in [4.69, 9.17) is 19.8 Å². The lowest BCUT2D eigenvalue weighted by atomic mass is 10.2. The quantitative estimate of drug-likeness (QED) is 0.421. The minimum atomic E-state index is -3.40. The Hall–Kier alpha value is -1.20. The van der Waals surface area contributed by atoms with Crippen molar-refractivity contribution >= 4 is 18.6 Å². The Morgan fingerprint density at radius 3 is 2.32 bits per heavy atom. The molecule has 22 heavy (non-hydrogen) atoms. The fraction of sp³-hybridized carbons (Fsp3) is 0.533. The van der Waals surface area contributed by atoms with Gasteiger partial charge in [-0.25, -0.2) is 0 Å². The Labute approximate surface area is 130 Å². The molecule has 1 aromatic rings. The smallest absolute Gasteiger partial charge is 0.304 e. The molecule has 0 spiro atoms. The number of hydrogen-bond acceptors (Lipinski definition) is 5. The zero-order chi connectivity index (χ0) is 16.4. The number of rotatable bonds is 11. The maximum Gasteiger partial charge on any atom is 0.304 e. The highest BCUT2D eigenvalue weighted by Gasteiger charge is 2.37. The van der Waals surface area contributed by atoms with Crippen molar-refractivity contribution in [3.63, 3.8) is 0 Å². The molecule has 0 saturated carbocycles. The van der Waals surface area contributed by atoms with E-state index in [1.54, 1.807) is 30.3 Å². The number of benzene rings is 1. The number of carboxylic acid groups (broad SMARTS) is 1. The summed E-state index contributed by atoms with van der Waals surface area (Å²) in [5, 5.41) is 27.4. The molecule has 0 aliphatic rings. The lowest BCUT2D eigenvalue weighted by Crippen LogP contribution is -2.23. The van der Waals surface area contributed by atoms with Crippen LogP contribution in [0.3, 0.4) is 0 Å². The average molecular weight is 330 g/mol. The summed E-state index contributed by atoms with van der Waals surface area (Å²) in [5.41, 5.74) is -0.696. The summed E-state index contributed by atoms with van der Waals surface area (Å²) in [5.74, 6) is -1.05. The van der Waals surface area contributed by atoms with Crippen molar-refractivity contribution in [3.05, 3.63) is 30.3 Å². The van der Waals surface area contributed by atoms with Crippen molar-refractivity contribution in [1.29, 1.82) is 0 Å². The summed E-state index contributed by atoms with van der Waals surface area (Å²) in [6.07, 6.45) is 0.703. The summed E-state index contributed by atoms with van der Waals surface area (Å²) < 4.78 is 18.9. The van der Waals surface area contributed by atoms with Crippen molar-refractivity contribution in [1.82, 2.24) is 0 Å². The number of hydrogen-bond donors (Lipinski definition) is 3. The highest BCUT2D eigenvalue weighted by atomic mass is 31.2. The van der Waals surface area contributed by atoms with Crippen LogP contribution in [-0.4, -0.2) is 46.8 Å². The number of aliphatic carboxylic acids is 1. The van der Waals surface area contributed by atoms with Crippen LogP contribution in [-0.2, 0) is 13.9 Å². The van der Waals surface area contributed by atoms with E-state index in [0.29, 0.717) is 24.6 Å². The van der Waals surface area contributed by atoms with E-state index in [-0.39, 0.29) is 26.2 Å². The van der Waals surface area contributed by atoms with Crippen LogP contribution < -0.4 is 5.30 Å². The van der Waals surface area contributed by atoms with Crippen LogP contribution in [0.1, 0.15) is 25.7 Å². The summed E-state index contributed by atoms with van der Waals surface area (Å²) in [7, 11) is -3.40. The first kappa shape index (κ1) is 18.8. The van der Waals surface area contributed by atoms with E-state index in [1.807, 2.05) is 0 Å². The molecule has 2 atom stereocenters. The van der Waals surface area contributed by atoms with Gasteiger partial charge in [0, 0.05) is 18.5 Å². The SMILES string of the molecule is O=C(O)CC(CCCO)P(=O)(OCCCO)c1ccccc1. The molecule has 7 heteroatoms. The molecule has 0 bridgehead atoms. The molecule has 6 nitrogen and oxygen atoms in total. The number of carboxylic acids is 1. The van der Waals surface area contributed by atoms with E-state index in [2.05, 4.69) is 0 Å². The van der Waals surface area contributed by atoms with Crippen molar-refractivity contribution in [3.8, 4) is 0 Å². The van der Waals surface area contributed by atoms with Gasteiger partial charge in [0.2, 0.25) is 7.37 Å². The van der Waals surface area contributed by atoms with Crippen LogP contribution in [0.4, 0.5) is 0 Å². The predicted octanol–water partition coefficient (Wildman–Crippen LogP) is 1.60. The van der Waals surface area contributed by atoms with Crippen LogP contribution in [0.5, 0.6) is 0 Å². The second-order valence-electron chi connectivity index (χ2n) is 4.96. The van der Waals surface area contributed by atoms with E-state index in [1.165, 1.54) is 0 Å². The van der Waals surface area contributed by atoms with Gasteiger partial charge in [0.25, 0.3) is 0 Å². The van der Waals surface area contributed by atoms with Crippen LogP contribution in [0.15, 0.2) is 30.3 Å². The van der Waals surface area contributed by atoms with Crippen LogP contribution >= 0.6 is 7.37 Å². The summed E-state index contributed by atoms with van der Waals surface area (Å²) in [4.78, 5) is 11.1. The minimum absolute atomic E-state index is 0.0883. The highest BCUT2D eigenvalue weighted by molar-refractivity contribution is 7.67. The zero-order valence-corrected chi connectivity index (χ0v) is 13.3. The van der Waals surface area contributed by atoms with Crippen molar-refractivity contribution in [2.75, 3.05) is 19.8 Å². The zero-order valence-electron chi connectivity index (χ0n) is 12.4. The molecular formula is C15H23O6P. The van der Waals surface area contributed by atoms with Gasteiger partial charge in [-0.05, 0) is 31.4 Å². The third-order valence-corrected chi connectivity index (χ3v) is 6.27. The van der Waals surface area contributed by atoms with Crippen molar-refractivity contribution < 1.29 is 29.2 Å². The molecule has 1 aromatic carbocycles. The van der Waals surface area contributed by atoms with E-state index >= 15 is 0 Å². The molecule has 1 rings (SSSR count). The summed E-state index contributed by atoms with van der Waals surface area (Å²) in [6.45, 7) is -0.0888. The molecule has 3 N–H and O–H groups in total. The Bertz CT molecular complexity index is 490. The molecule has 0 amide bonds. The molecule has 0 heterocycles. The largest absolute Gasteiger partial charge is 0.481 e. The molecule has 0 fully saturated rings. The molecule has 0 radical (unpaired) electrons. The van der Waals surface area contributed by atoms with E-state index < -0.39 is 19.0 Å². The Morgan fingerprint density at radius 1 is 1.14 bits per heavy atom.